The summed E-state index contributed by atoms with van der Waals surface area (Å²) in [6, 6.07) is 0. The molecule has 5 nitrogen and oxygen atoms in total. The zero-order valence-electron chi connectivity index (χ0n) is 9.64. The number of fused-ring (bicyclic) bond motifs is 1. The van der Waals surface area contributed by atoms with Gasteiger partial charge in [0.05, 0.1) is 11.1 Å². The first-order chi connectivity index (χ1) is 7.45. The van der Waals surface area contributed by atoms with E-state index in [1.165, 1.54) is 23.1 Å². The molecule has 0 saturated carbocycles. The molecule has 0 unspecified atom stereocenters. The molecule has 0 aromatic carbocycles. The topological polar surface area (TPSA) is 56.9 Å². The number of nitrogens with zero attached hydrogens (tertiary/aromatic N) is 3. The molecule has 0 N–H and O–H groups in total. The van der Waals surface area contributed by atoms with E-state index in [-0.39, 0.29) is 17.2 Å². The average Bonchev–Trinajstić information content (AvgIpc) is 2.67. The van der Waals surface area contributed by atoms with E-state index >= 15 is 0 Å². The van der Waals surface area contributed by atoms with Crippen LogP contribution in [0.25, 0.3) is 10.2 Å². The van der Waals surface area contributed by atoms with Gasteiger partial charge < -0.3 is 0 Å². The van der Waals surface area contributed by atoms with Gasteiger partial charge in [0.2, 0.25) is 0 Å². The monoisotopic (exact) mass is 239 g/mol. The molecule has 0 spiro atoms. The van der Waals surface area contributed by atoms with Gasteiger partial charge in [0.15, 0.2) is 0 Å². The fourth-order valence-electron chi connectivity index (χ4n) is 1.68. The van der Waals surface area contributed by atoms with Crippen molar-refractivity contribution in [2.45, 2.75) is 19.8 Å². The summed E-state index contributed by atoms with van der Waals surface area (Å²) in [6.45, 7) is 3.97. The number of aromatic nitrogens is 3. The Morgan fingerprint density at radius 2 is 1.81 bits per heavy atom. The third-order valence-electron chi connectivity index (χ3n) is 2.64. The van der Waals surface area contributed by atoms with Gasteiger partial charge in [0.1, 0.15) is 4.83 Å². The van der Waals surface area contributed by atoms with Crippen LogP contribution in [0.2, 0.25) is 0 Å². The smallest absolute Gasteiger partial charge is 0.286 e. The Morgan fingerprint density at radius 3 is 2.38 bits per heavy atom. The lowest BCUT2D eigenvalue weighted by molar-refractivity contribution is 0.714. The third kappa shape index (κ3) is 1.33. The average molecular weight is 239 g/mol. The number of aryl methyl sites for hydroxylation is 1. The molecule has 16 heavy (non-hydrogen) atoms. The number of hydrogen-bond donors (Lipinski definition) is 0. The van der Waals surface area contributed by atoms with E-state index in [1.54, 1.807) is 7.05 Å². The Bertz CT molecular complexity index is 663. The minimum atomic E-state index is -0.309. The summed E-state index contributed by atoms with van der Waals surface area (Å²) in [6.07, 6.45) is 0. The minimum absolute atomic E-state index is 0.180. The van der Waals surface area contributed by atoms with Crippen molar-refractivity contribution in [1.82, 2.24) is 13.5 Å². The number of hydrogen-bond acceptors (Lipinski definition) is 4. The molecule has 0 aliphatic heterocycles. The van der Waals surface area contributed by atoms with Crippen LogP contribution in [0.4, 0.5) is 0 Å². The van der Waals surface area contributed by atoms with E-state index in [0.29, 0.717) is 10.2 Å². The molecule has 0 fully saturated rings. The molecule has 0 aliphatic rings. The van der Waals surface area contributed by atoms with Gasteiger partial charge in [0.25, 0.3) is 5.56 Å². The Morgan fingerprint density at radius 1 is 1.19 bits per heavy atom. The molecule has 2 aromatic heterocycles. The van der Waals surface area contributed by atoms with Gasteiger partial charge in [-0.1, -0.05) is 13.8 Å². The van der Waals surface area contributed by atoms with Gasteiger partial charge in [0, 0.05) is 14.1 Å². The van der Waals surface area contributed by atoms with Crippen molar-refractivity contribution in [1.29, 1.82) is 0 Å². The Labute approximate surface area is 96.1 Å². The van der Waals surface area contributed by atoms with E-state index in [2.05, 4.69) is 4.37 Å². The second-order valence-corrected chi connectivity index (χ2v) is 4.86. The van der Waals surface area contributed by atoms with Crippen LogP contribution in [0, 0.1) is 0 Å². The highest BCUT2D eigenvalue weighted by Crippen LogP contribution is 2.23. The van der Waals surface area contributed by atoms with Crippen LogP contribution in [0.3, 0.4) is 0 Å². The second-order valence-electron chi connectivity index (χ2n) is 4.11. The van der Waals surface area contributed by atoms with E-state index < -0.39 is 0 Å². The van der Waals surface area contributed by atoms with Crippen molar-refractivity contribution in [2.24, 2.45) is 14.1 Å². The van der Waals surface area contributed by atoms with Gasteiger partial charge in [-0.05, 0) is 17.5 Å². The lowest BCUT2D eigenvalue weighted by atomic mass is 10.1. The summed E-state index contributed by atoms with van der Waals surface area (Å²) in [4.78, 5) is 24.3. The fourth-order valence-corrected chi connectivity index (χ4v) is 2.65. The van der Waals surface area contributed by atoms with Gasteiger partial charge >= 0.3 is 5.69 Å². The van der Waals surface area contributed by atoms with E-state index in [0.717, 1.165) is 10.3 Å². The fraction of sp³-hybridized carbons (Fsp3) is 0.500. The zero-order chi connectivity index (χ0) is 12.0. The number of rotatable bonds is 1. The van der Waals surface area contributed by atoms with Crippen LogP contribution >= 0.6 is 11.5 Å². The van der Waals surface area contributed by atoms with E-state index in [9.17, 15) is 9.59 Å². The summed E-state index contributed by atoms with van der Waals surface area (Å²) in [5.41, 5.74) is 0.211. The summed E-state index contributed by atoms with van der Waals surface area (Å²) < 4.78 is 6.87. The molecule has 2 aromatic rings. The van der Waals surface area contributed by atoms with Crippen molar-refractivity contribution in [2.75, 3.05) is 0 Å². The molecule has 0 atom stereocenters. The van der Waals surface area contributed by atoms with Crippen molar-refractivity contribution >= 4 is 21.7 Å². The summed E-state index contributed by atoms with van der Waals surface area (Å²) >= 11 is 1.21. The van der Waals surface area contributed by atoms with Gasteiger partial charge in [-0.2, -0.15) is 4.37 Å². The summed E-state index contributed by atoms with van der Waals surface area (Å²) in [5, 5.41) is 0.574. The molecule has 2 heterocycles. The highest BCUT2D eigenvalue weighted by Gasteiger charge is 2.17. The third-order valence-corrected chi connectivity index (χ3v) is 3.58. The minimum Gasteiger partial charge on any atom is -0.286 e. The molecule has 6 heteroatoms. The largest absolute Gasteiger partial charge is 0.331 e. The molecule has 0 bridgehead atoms. The van der Waals surface area contributed by atoms with Gasteiger partial charge in [-0.15, -0.1) is 0 Å². The lowest BCUT2D eigenvalue weighted by Crippen LogP contribution is -2.36. The van der Waals surface area contributed by atoms with Crippen molar-refractivity contribution in [3.05, 3.63) is 26.5 Å². The van der Waals surface area contributed by atoms with Gasteiger partial charge in [-0.3, -0.25) is 13.9 Å². The van der Waals surface area contributed by atoms with E-state index in [4.69, 9.17) is 0 Å². The Balaban J connectivity index is 3.07. The highest BCUT2D eigenvalue weighted by atomic mass is 32.1. The first-order valence-corrected chi connectivity index (χ1v) is 5.77. The molecule has 86 valence electrons. The lowest BCUT2D eigenvalue weighted by Gasteiger charge is -2.04. The maximum atomic E-state index is 12.0. The van der Waals surface area contributed by atoms with Crippen LogP contribution in [-0.4, -0.2) is 13.5 Å². The highest BCUT2D eigenvalue weighted by molar-refractivity contribution is 7.13. The normalized spacial score (nSPS) is 11.6. The predicted octanol–water partition coefficient (Wildman–Crippen LogP) is 0.817. The second kappa shape index (κ2) is 3.55. The van der Waals surface area contributed by atoms with Crippen LogP contribution in [0.1, 0.15) is 25.5 Å². The van der Waals surface area contributed by atoms with Crippen LogP contribution in [0.15, 0.2) is 9.59 Å². The molecule has 2 rings (SSSR count). The standard InChI is InChI=1S/C10H13N3O2S/c1-5(2)7-6-8(14)12(3)10(15)13(4)9(6)16-11-7/h5H,1-4H3. The maximum Gasteiger partial charge on any atom is 0.331 e. The SMILES string of the molecule is CC(C)c1nsc2c1c(=O)n(C)c(=O)n2C. The molecule has 0 amide bonds. The molecule has 0 radical (unpaired) electrons. The molecular weight excluding hydrogens is 226 g/mol. The van der Waals surface area contributed by atoms with Crippen molar-refractivity contribution < 1.29 is 0 Å². The van der Waals surface area contributed by atoms with Crippen LogP contribution in [0.5, 0.6) is 0 Å². The Hall–Kier alpha value is -1.43. The zero-order valence-corrected chi connectivity index (χ0v) is 10.5. The van der Waals surface area contributed by atoms with Crippen LogP contribution in [-0.2, 0) is 14.1 Å². The first kappa shape index (κ1) is 11.1. The molecule has 0 saturated heterocycles. The molecule has 0 aliphatic carbocycles. The van der Waals surface area contributed by atoms with Gasteiger partial charge in [-0.25, -0.2) is 4.79 Å². The molecular formula is C10H13N3O2S. The predicted molar refractivity (Wildman–Crippen MR) is 64.2 cm³/mol. The van der Waals surface area contributed by atoms with Crippen LogP contribution < -0.4 is 11.2 Å². The van der Waals surface area contributed by atoms with E-state index in [1.807, 2.05) is 13.8 Å². The Kier molecular flexibility index (Phi) is 2.46. The quantitative estimate of drug-likeness (QED) is 0.740. The first-order valence-electron chi connectivity index (χ1n) is 5.00. The summed E-state index contributed by atoms with van der Waals surface area (Å²) in [5.74, 6) is 0.180. The maximum absolute atomic E-state index is 12.0. The summed E-state index contributed by atoms with van der Waals surface area (Å²) in [7, 11) is 3.15. The van der Waals surface area contributed by atoms with Crippen molar-refractivity contribution in [3.63, 3.8) is 0 Å². The van der Waals surface area contributed by atoms with Crippen molar-refractivity contribution in [3.8, 4) is 0 Å².